The number of nitrogens with one attached hydrogen (secondary N) is 1. The van der Waals surface area contributed by atoms with E-state index in [2.05, 4.69) is 29.0 Å². The number of amides is 1. The number of anilines is 1. The van der Waals surface area contributed by atoms with Crippen molar-refractivity contribution in [2.24, 2.45) is 11.8 Å². The third-order valence-electron chi connectivity index (χ3n) is 3.79. The maximum atomic E-state index is 11.0. The van der Waals surface area contributed by atoms with Gasteiger partial charge in [0.05, 0.1) is 0 Å². The van der Waals surface area contributed by atoms with Crippen LogP contribution in [0.25, 0.3) is 0 Å². The molecule has 5 heteroatoms. The lowest BCUT2D eigenvalue weighted by molar-refractivity contribution is -0.114. The van der Waals surface area contributed by atoms with Crippen molar-refractivity contribution in [3.05, 3.63) is 11.1 Å². The molecule has 1 aromatic rings. The summed E-state index contributed by atoms with van der Waals surface area (Å²) in [5.41, 5.74) is 0. The van der Waals surface area contributed by atoms with E-state index in [1.807, 2.05) is 6.20 Å². The minimum Gasteiger partial charge on any atom is -0.302 e. The molecule has 0 saturated carbocycles. The van der Waals surface area contributed by atoms with Gasteiger partial charge >= 0.3 is 0 Å². The zero-order valence-corrected chi connectivity index (χ0v) is 12.8. The molecule has 19 heavy (non-hydrogen) atoms. The summed E-state index contributed by atoms with van der Waals surface area (Å²) in [6.07, 6.45) is 4.48. The first-order valence-corrected chi connectivity index (χ1v) is 7.81. The number of likely N-dealkylation sites (tertiary alicyclic amines) is 1. The molecular formula is C14H23N3OS. The standard InChI is InChI=1S/C14H23N3OS/c1-10(2)12-4-6-17(7-5-12)9-13-8-15-14(19-13)16-11(3)18/h8,10,12H,4-7,9H2,1-3H3,(H,15,16,18). The van der Waals surface area contributed by atoms with Gasteiger partial charge in [-0.2, -0.15) is 0 Å². The second-order valence-electron chi connectivity index (χ2n) is 5.67. The highest BCUT2D eigenvalue weighted by atomic mass is 32.1. The highest BCUT2D eigenvalue weighted by Gasteiger charge is 2.21. The first-order valence-electron chi connectivity index (χ1n) is 6.99. The van der Waals surface area contributed by atoms with Crippen LogP contribution in [-0.2, 0) is 11.3 Å². The fraction of sp³-hybridized carbons (Fsp3) is 0.714. The number of rotatable bonds is 4. The van der Waals surface area contributed by atoms with Crippen LogP contribution < -0.4 is 5.32 Å². The van der Waals surface area contributed by atoms with Crippen LogP contribution in [0.1, 0.15) is 38.5 Å². The van der Waals surface area contributed by atoms with E-state index < -0.39 is 0 Å². The molecule has 0 atom stereocenters. The van der Waals surface area contributed by atoms with Crippen molar-refractivity contribution in [2.45, 2.75) is 40.2 Å². The number of hydrogen-bond acceptors (Lipinski definition) is 4. The number of carbonyl (C=O) groups excluding carboxylic acids is 1. The third kappa shape index (κ3) is 4.28. The van der Waals surface area contributed by atoms with Crippen LogP contribution in [0, 0.1) is 11.8 Å². The zero-order chi connectivity index (χ0) is 13.8. The van der Waals surface area contributed by atoms with Gasteiger partial charge in [-0.25, -0.2) is 4.98 Å². The lowest BCUT2D eigenvalue weighted by Gasteiger charge is -2.33. The predicted molar refractivity (Wildman–Crippen MR) is 79.3 cm³/mol. The first-order chi connectivity index (χ1) is 9.04. The first kappa shape index (κ1) is 14.5. The highest BCUT2D eigenvalue weighted by Crippen LogP contribution is 2.26. The summed E-state index contributed by atoms with van der Waals surface area (Å²) in [5.74, 6) is 1.63. The largest absolute Gasteiger partial charge is 0.302 e. The van der Waals surface area contributed by atoms with Crippen LogP contribution in [0.2, 0.25) is 0 Å². The summed E-state index contributed by atoms with van der Waals surface area (Å²) in [7, 11) is 0. The van der Waals surface area contributed by atoms with Crippen LogP contribution in [0.3, 0.4) is 0 Å². The van der Waals surface area contributed by atoms with Gasteiger partial charge < -0.3 is 5.32 Å². The zero-order valence-electron chi connectivity index (χ0n) is 12.0. The number of piperidine rings is 1. The molecule has 0 bridgehead atoms. The monoisotopic (exact) mass is 281 g/mol. The molecule has 1 fully saturated rings. The Morgan fingerprint density at radius 2 is 2.21 bits per heavy atom. The molecule has 1 N–H and O–H groups in total. The molecule has 4 nitrogen and oxygen atoms in total. The number of aromatic nitrogens is 1. The van der Waals surface area contributed by atoms with Crippen molar-refractivity contribution in [1.82, 2.24) is 9.88 Å². The quantitative estimate of drug-likeness (QED) is 0.923. The Morgan fingerprint density at radius 1 is 1.53 bits per heavy atom. The van der Waals surface area contributed by atoms with E-state index in [9.17, 15) is 4.79 Å². The summed E-state index contributed by atoms with van der Waals surface area (Å²) in [5, 5.41) is 3.44. The van der Waals surface area contributed by atoms with Crippen LogP contribution in [-0.4, -0.2) is 28.9 Å². The predicted octanol–water partition coefficient (Wildman–Crippen LogP) is 2.97. The molecule has 1 aliphatic rings. The molecule has 1 amide bonds. The Labute approximate surface area is 119 Å². The second kappa shape index (κ2) is 6.48. The van der Waals surface area contributed by atoms with E-state index in [-0.39, 0.29) is 5.91 Å². The Hall–Kier alpha value is -0.940. The minimum absolute atomic E-state index is 0.0568. The van der Waals surface area contributed by atoms with Gasteiger partial charge in [-0.1, -0.05) is 13.8 Å². The molecule has 2 rings (SSSR count). The summed E-state index contributed by atoms with van der Waals surface area (Å²) >= 11 is 1.58. The number of hydrogen-bond donors (Lipinski definition) is 1. The lowest BCUT2D eigenvalue weighted by atomic mass is 9.87. The van der Waals surface area contributed by atoms with E-state index in [1.54, 1.807) is 11.3 Å². The molecule has 0 radical (unpaired) electrons. The molecule has 0 spiro atoms. The van der Waals surface area contributed by atoms with Crippen LogP contribution in [0.5, 0.6) is 0 Å². The van der Waals surface area contributed by atoms with Crippen molar-refractivity contribution >= 4 is 22.4 Å². The topological polar surface area (TPSA) is 45.2 Å². The molecule has 1 saturated heterocycles. The molecule has 0 aliphatic carbocycles. The van der Waals surface area contributed by atoms with E-state index >= 15 is 0 Å². The van der Waals surface area contributed by atoms with Crippen LogP contribution in [0.15, 0.2) is 6.20 Å². The Bertz CT molecular complexity index is 422. The molecule has 2 heterocycles. The van der Waals surface area contributed by atoms with Gasteiger partial charge in [-0.05, 0) is 37.8 Å². The molecule has 0 unspecified atom stereocenters. The van der Waals surface area contributed by atoms with Gasteiger partial charge in [0.15, 0.2) is 5.13 Å². The maximum Gasteiger partial charge on any atom is 0.223 e. The van der Waals surface area contributed by atoms with Crippen molar-refractivity contribution in [1.29, 1.82) is 0 Å². The van der Waals surface area contributed by atoms with Gasteiger partial charge in [0.25, 0.3) is 0 Å². The molecule has 1 aliphatic heterocycles. The molecular weight excluding hydrogens is 258 g/mol. The third-order valence-corrected chi connectivity index (χ3v) is 4.69. The Balaban J connectivity index is 1.82. The smallest absolute Gasteiger partial charge is 0.223 e. The van der Waals surface area contributed by atoms with Gasteiger partial charge in [-0.15, -0.1) is 11.3 Å². The van der Waals surface area contributed by atoms with Crippen molar-refractivity contribution in [3.8, 4) is 0 Å². The SMILES string of the molecule is CC(=O)Nc1ncc(CN2CCC(C(C)C)CC2)s1. The van der Waals surface area contributed by atoms with Crippen molar-refractivity contribution in [2.75, 3.05) is 18.4 Å². The summed E-state index contributed by atoms with van der Waals surface area (Å²) in [4.78, 5) is 18.9. The lowest BCUT2D eigenvalue weighted by Crippen LogP contribution is -2.34. The average molecular weight is 281 g/mol. The molecule has 106 valence electrons. The van der Waals surface area contributed by atoms with Crippen LogP contribution >= 0.6 is 11.3 Å². The van der Waals surface area contributed by atoms with E-state index in [4.69, 9.17) is 0 Å². The van der Waals surface area contributed by atoms with E-state index in [0.29, 0.717) is 5.13 Å². The maximum absolute atomic E-state index is 11.0. The molecule has 1 aromatic heterocycles. The average Bonchev–Trinajstić information content (AvgIpc) is 2.76. The van der Waals surface area contributed by atoms with Crippen LogP contribution in [0.4, 0.5) is 5.13 Å². The fourth-order valence-corrected chi connectivity index (χ4v) is 3.49. The Morgan fingerprint density at radius 3 is 2.79 bits per heavy atom. The second-order valence-corrected chi connectivity index (χ2v) is 6.79. The van der Waals surface area contributed by atoms with Crippen molar-refractivity contribution < 1.29 is 4.79 Å². The normalized spacial score (nSPS) is 17.9. The minimum atomic E-state index is -0.0568. The fourth-order valence-electron chi connectivity index (χ4n) is 2.59. The van der Waals surface area contributed by atoms with E-state index in [1.165, 1.54) is 37.7 Å². The van der Waals surface area contributed by atoms with Gasteiger partial charge in [0.1, 0.15) is 0 Å². The van der Waals surface area contributed by atoms with Gasteiger partial charge in [-0.3, -0.25) is 9.69 Å². The summed E-state index contributed by atoms with van der Waals surface area (Å²) in [6, 6.07) is 0. The number of nitrogens with zero attached hydrogens (tertiary/aromatic N) is 2. The highest BCUT2D eigenvalue weighted by molar-refractivity contribution is 7.15. The summed E-state index contributed by atoms with van der Waals surface area (Å²) in [6.45, 7) is 9.47. The van der Waals surface area contributed by atoms with Gasteiger partial charge in [0.2, 0.25) is 5.91 Å². The van der Waals surface area contributed by atoms with Crippen molar-refractivity contribution in [3.63, 3.8) is 0 Å². The number of thiazole rings is 1. The molecule has 0 aromatic carbocycles. The van der Waals surface area contributed by atoms with Gasteiger partial charge in [0, 0.05) is 24.5 Å². The Kier molecular flexibility index (Phi) is 4.93. The van der Waals surface area contributed by atoms with E-state index in [0.717, 1.165) is 18.4 Å². The number of carbonyl (C=O) groups is 1. The summed E-state index contributed by atoms with van der Waals surface area (Å²) < 4.78 is 0.